The van der Waals surface area contributed by atoms with Crippen molar-refractivity contribution in [2.24, 2.45) is 5.16 Å². The zero-order chi connectivity index (χ0) is 21.2. The molecule has 29 heavy (non-hydrogen) atoms. The SMILES string of the molecule is O=S(=O)(O)O/N=C(\Cc1c[nH]c2ccccc12)S[C@H]1O[C@@H](CO)[C@H](O)[C@@H](O)[C@@H]1O. The number of nitrogens with zero attached hydrogens (tertiary/aromatic N) is 1. The molecule has 1 aliphatic heterocycles. The number of aliphatic hydroxyl groups excluding tert-OH is 4. The van der Waals surface area contributed by atoms with E-state index in [0.717, 1.165) is 28.2 Å². The topological polar surface area (TPSA) is 182 Å². The molecule has 1 fully saturated rings. The molecule has 1 aromatic heterocycles. The Kier molecular flexibility index (Phi) is 6.80. The van der Waals surface area contributed by atoms with E-state index in [1.165, 1.54) is 0 Å². The van der Waals surface area contributed by atoms with Crippen molar-refractivity contribution in [1.29, 1.82) is 0 Å². The van der Waals surface area contributed by atoms with E-state index in [0.29, 0.717) is 0 Å². The molecular formula is C16H20N2O9S2. The molecule has 1 saturated heterocycles. The van der Waals surface area contributed by atoms with Crippen molar-refractivity contribution in [1.82, 2.24) is 4.98 Å². The molecule has 11 nitrogen and oxygen atoms in total. The maximum atomic E-state index is 10.9. The van der Waals surface area contributed by atoms with Crippen LogP contribution in [0.25, 0.3) is 10.9 Å². The number of nitrogens with one attached hydrogen (secondary N) is 1. The lowest BCUT2D eigenvalue weighted by Gasteiger charge is -2.39. The molecular weight excluding hydrogens is 428 g/mol. The molecule has 1 aliphatic rings. The summed E-state index contributed by atoms with van der Waals surface area (Å²) < 4.78 is 40.2. The highest BCUT2D eigenvalue weighted by Gasteiger charge is 2.44. The Morgan fingerprint density at radius 2 is 1.93 bits per heavy atom. The lowest BCUT2D eigenvalue weighted by molar-refractivity contribution is -0.205. The van der Waals surface area contributed by atoms with Gasteiger partial charge >= 0.3 is 10.4 Å². The Morgan fingerprint density at radius 3 is 2.62 bits per heavy atom. The van der Waals surface area contributed by atoms with E-state index in [-0.39, 0.29) is 11.5 Å². The molecule has 2 heterocycles. The highest BCUT2D eigenvalue weighted by Crippen LogP contribution is 2.31. The third-order valence-corrected chi connectivity index (χ3v) is 5.73. The summed E-state index contributed by atoms with van der Waals surface area (Å²) in [5.41, 5.74) is 0.352. The number of aromatic nitrogens is 1. The van der Waals surface area contributed by atoms with Crippen LogP contribution in [0, 0.1) is 0 Å². The summed E-state index contributed by atoms with van der Waals surface area (Å²) >= 11 is 0.727. The fourth-order valence-corrected chi connectivity index (χ4v) is 4.24. The van der Waals surface area contributed by atoms with Crippen molar-refractivity contribution < 1.29 is 42.4 Å². The van der Waals surface area contributed by atoms with Crippen molar-refractivity contribution in [2.45, 2.75) is 36.3 Å². The lowest BCUT2D eigenvalue weighted by Crippen LogP contribution is -2.57. The summed E-state index contributed by atoms with van der Waals surface area (Å²) in [6, 6.07) is 7.33. The summed E-state index contributed by atoms with van der Waals surface area (Å²) in [6.07, 6.45) is -4.11. The molecule has 2 aromatic rings. The van der Waals surface area contributed by atoms with Crippen LogP contribution in [0.5, 0.6) is 0 Å². The number of benzene rings is 1. The monoisotopic (exact) mass is 448 g/mol. The average molecular weight is 448 g/mol. The maximum Gasteiger partial charge on any atom is 0.466 e. The van der Waals surface area contributed by atoms with Gasteiger partial charge in [-0.3, -0.25) is 4.55 Å². The zero-order valence-corrected chi connectivity index (χ0v) is 16.5. The van der Waals surface area contributed by atoms with E-state index in [1.807, 2.05) is 24.3 Å². The number of oxime groups is 1. The largest absolute Gasteiger partial charge is 0.466 e. The van der Waals surface area contributed by atoms with Crippen LogP contribution in [0.1, 0.15) is 5.56 Å². The molecule has 160 valence electrons. The first kappa shape index (κ1) is 22.0. The van der Waals surface area contributed by atoms with Crippen LogP contribution in [0.15, 0.2) is 35.6 Å². The standard InChI is InChI=1S/C16H20N2O9S2/c19-7-11-13(20)14(21)15(22)16(26-11)28-12(18-27-29(23,24)25)5-8-6-17-10-4-2-1-3-9(8)10/h1-4,6,11,13-17,19-22H,5,7H2,(H,23,24,25)/b18-12+/t11-,13-,14+,15-,16+/m0/s1. The van der Waals surface area contributed by atoms with Crippen LogP contribution in [0.4, 0.5) is 0 Å². The van der Waals surface area contributed by atoms with Gasteiger partial charge in [-0.2, -0.15) is 8.42 Å². The molecule has 13 heteroatoms. The number of aromatic amines is 1. The van der Waals surface area contributed by atoms with Crippen LogP contribution in [0.3, 0.4) is 0 Å². The van der Waals surface area contributed by atoms with E-state index >= 15 is 0 Å². The fraction of sp³-hybridized carbons (Fsp3) is 0.438. The van der Waals surface area contributed by atoms with Crippen LogP contribution in [0.2, 0.25) is 0 Å². The second-order valence-corrected chi connectivity index (χ2v) is 8.51. The van der Waals surface area contributed by atoms with E-state index in [1.54, 1.807) is 6.20 Å². The summed E-state index contributed by atoms with van der Waals surface area (Å²) in [5, 5.41) is 43.5. The number of para-hydroxylation sites is 1. The van der Waals surface area contributed by atoms with Crippen LogP contribution >= 0.6 is 11.8 Å². The van der Waals surface area contributed by atoms with Gasteiger partial charge in [-0.25, -0.2) is 4.28 Å². The molecule has 0 spiro atoms. The molecule has 0 radical (unpaired) electrons. The predicted octanol–water partition coefficient (Wildman–Crippen LogP) is -0.624. The highest BCUT2D eigenvalue weighted by molar-refractivity contribution is 8.14. The highest BCUT2D eigenvalue weighted by atomic mass is 32.3. The summed E-state index contributed by atoms with van der Waals surface area (Å²) in [4.78, 5) is 3.05. The van der Waals surface area contributed by atoms with Gasteiger partial charge in [-0.05, 0) is 11.6 Å². The first-order valence-electron chi connectivity index (χ1n) is 8.44. The number of fused-ring (bicyclic) bond motifs is 1. The van der Waals surface area contributed by atoms with Crippen molar-refractivity contribution in [3.63, 3.8) is 0 Å². The van der Waals surface area contributed by atoms with Crippen molar-refractivity contribution >= 4 is 38.1 Å². The molecule has 0 unspecified atom stereocenters. The Bertz CT molecular complexity index is 976. The third kappa shape index (κ3) is 5.26. The van der Waals surface area contributed by atoms with Gasteiger partial charge in [0.15, 0.2) is 0 Å². The molecule has 5 atom stereocenters. The van der Waals surface area contributed by atoms with Gasteiger partial charge in [-0.15, -0.1) is 0 Å². The van der Waals surface area contributed by atoms with E-state index in [4.69, 9.17) is 9.29 Å². The lowest BCUT2D eigenvalue weighted by atomic mass is 10.0. The average Bonchev–Trinajstić information content (AvgIpc) is 3.08. The van der Waals surface area contributed by atoms with E-state index in [2.05, 4.69) is 14.4 Å². The first-order chi connectivity index (χ1) is 13.7. The van der Waals surface area contributed by atoms with Gasteiger partial charge in [0.1, 0.15) is 34.9 Å². The Balaban J connectivity index is 1.85. The minimum Gasteiger partial charge on any atom is -0.394 e. The number of thioether (sulfide) groups is 1. The second-order valence-electron chi connectivity index (χ2n) is 6.34. The zero-order valence-electron chi connectivity index (χ0n) is 14.8. The number of hydrogen-bond acceptors (Lipinski definition) is 10. The van der Waals surface area contributed by atoms with Gasteiger partial charge in [0, 0.05) is 23.5 Å². The minimum absolute atomic E-state index is 0.00305. The third-order valence-electron chi connectivity index (χ3n) is 4.35. The molecule has 0 bridgehead atoms. The fourth-order valence-electron chi connectivity index (χ4n) is 2.92. The quantitative estimate of drug-likeness (QED) is 0.144. The molecule has 0 amide bonds. The molecule has 6 N–H and O–H groups in total. The Hall–Kier alpha value is -1.71. The molecule has 0 saturated carbocycles. The predicted molar refractivity (Wildman–Crippen MR) is 103 cm³/mol. The first-order valence-corrected chi connectivity index (χ1v) is 10.7. The van der Waals surface area contributed by atoms with Crippen LogP contribution in [-0.2, 0) is 25.8 Å². The molecule has 3 rings (SSSR count). The molecule has 1 aromatic carbocycles. The minimum atomic E-state index is -4.87. The van der Waals surface area contributed by atoms with E-state index < -0.39 is 46.9 Å². The summed E-state index contributed by atoms with van der Waals surface area (Å²) in [6.45, 7) is -0.613. The van der Waals surface area contributed by atoms with Gasteiger partial charge < -0.3 is 30.1 Å². The normalized spacial score (nSPS) is 28.6. The number of H-pyrrole nitrogens is 1. The van der Waals surface area contributed by atoms with Crippen molar-refractivity contribution in [2.75, 3.05) is 6.61 Å². The van der Waals surface area contributed by atoms with Crippen molar-refractivity contribution in [3.05, 3.63) is 36.0 Å². The van der Waals surface area contributed by atoms with Gasteiger partial charge in [0.2, 0.25) is 0 Å². The van der Waals surface area contributed by atoms with Gasteiger partial charge in [0.05, 0.1) is 6.61 Å². The Morgan fingerprint density at radius 1 is 1.21 bits per heavy atom. The van der Waals surface area contributed by atoms with Gasteiger partial charge in [0.25, 0.3) is 0 Å². The van der Waals surface area contributed by atoms with Crippen molar-refractivity contribution in [3.8, 4) is 0 Å². The molecule has 0 aliphatic carbocycles. The smallest absolute Gasteiger partial charge is 0.394 e. The van der Waals surface area contributed by atoms with Crippen LogP contribution in [-0.4, -0.2) is 79.9 Å². The number of ether oxygens (including phenoxy) is 1. The summed E-state index contributed by atoms with van der Waals surface area (Å²) in [5.74, 6) is 0. The number of aliphatic hydroxyl groups is 4. The summed E-state index contributed by atoms with van der Waals surface area (Å²) in [7, 11) is -4.87. The maximum absolute atomic E-state index is 10.9. The van der Waals surface area contributed by atoms with Crippen LogP contribution < -0.4 is 0 Å². The number of rotatable bonds is 6. The van der Waals surface area contributed by atoms with Gasteiger partial charge in [-0.1, -0.05) is 35.1 Å². The van der Waals surface area contributed by atoms with E-state index in [9.17, 15) is 28.8 Å². The second kappa shape index (κ2) is 8.97. The number of hydrogen-bond donors (Lipinski definition) is 6. The Labute approximate surface area is 169 Å².